The van der Waals surface area contributed by atoms with Crippen molar-refractivity contribution in [1.29, 1.82) is 0 Å². The first-order chi connectivity index (χ1) is 14.4. The van der Waals surface area contributed by atoms with Gasteiger partial charge in [-0.1, -0.05) is 47.5 Å². The molecule has 1 aromatic heterocycles. The van der Waals surface area contributed by atoms with Gasteiger partial charge in [0.25, 0.3) is 5.91 Å². The zero-order valence-electron chi connectivity index (χ0n) is 15.3. The fraction of sp³-hybridized carbons (Fsp3) is 0. The molecule has 1 N–H and O–H groups in total. The third kappa shape index (κ3) is 3.85. The molecule has 0 atom stereocenters. The summed E-state index contributed by atoms with van der Waals surface area (Å²) < 4.78 is 5.56. The number of amides is 1. The van der Waals surface area contributed by atoms with E-state index < -0.39 is 11.7 Å². The number of benzene rings is 3. The van der Waals surface area contributed by atoms with Crippen LogP contribution in [0, 0.1) is 0 Å². The van der Waals surface area contributed by atoms with Gasteiger partial charge < -0.3 is 9.73 Å². The quantitative estimate of drug-likeness (QED) is 0.422. The average Bonchev–Trinajstić information content (AvgIpc) is 2.75. The molecule has 0 fully saturated rings. The molecule has 4 rings (SSSR count). The Labute approximate surface area is 180 Å². The molecule has 0 aliphatic rings. The number of carbonyl (C=O) groups excluding carboxylic acids is 2. The summed E-state index contributed by atoms with van der Waals surface area (Å²) in [5.41, 5.74) is 0.593. The molecule has 30 heavy (non-hydrogen) atoms. The Morgan fingerprint density at radius 3 is 2.37 bits per heavy atom. The molecule has 0 saturated carbocycles. The highest BCUT2D eigenvalue weighted by molar-refractivity contribution is 6.36. The van der Waals surface area contributed by atoms with Crippen LogP contribution in [0.1, 0.15) is 26.5 Å². The highest BCUT2D eigenvalue weighted by atomic mass is 35.5. The molecule has 0 spiro atoms. The molecule has 4 aromatic rings. The lowest BCUT2D eigenvalue weighted by Crippen LogP contribution is -2.17. The van der Waals surface area contributed by atoms with Gasteiger partial charge >= 0.3 is 0 Å². The second-order valence-corrected chi connectivity index (χ2v) is 7.27. The molecule has 1 heterocycles. The number of rotatable bonds is 4. The van der Waals surface area contributed by atoms with Crippen LogP contribution in [0.3, 0.4) is 0 Å². The maximum absolute atomic E-state index is 13.0. The summed E-state index contributed by atoms with van der Waals surface area (Å²) in [6.07, 6.45) is 0. The molecule has 1 amide bonds. The zero-order valence-corrected chi connectivity index (χ0v) is 16.8. The van der Waals surface area contributed by atoms with Crippen molar-refractivity contribution in [2.75, 3.05) is 5.32 Å². The van der Waals surface area contributed by atoms with Crippen LogP contribution in [0.4, 0.5) is 5.69 Å². The summed E-state index contributed by atoms with van der Waals surface area (Å²) in [5.74, 6) is -1.25. The van der Waals surface area contributed by atoms with E-state index in [9.17, 15) is 14.4 Å². The maximum atomic E-state index is 13.0. The molecule has 0 aliphatic carbocycles. The third-order valence-electron chi connectivity index (χ3n) is 4.45. The minimum atomic E-state index is -0.673. The molecule has 0 unspecified atom stereocenters. The van der Waals surface area contributed by atoms with E-state index in [1.165, 1.54) is 18.2 Å². The minimum absolute atomic E-state index is 0.159. The van der Waals surface area contributed by atoms with Gasteiger partial charge in [-0.25, -0.2) is 0 Å². The second kappa shape index (κ2) is 8.14. The fourth-order valence-corrected chi connectivity index (χ4v) is 3.40. The Morgan fingerprint density at radius 1 is 0.833 bits per heavy atom. The van der Waals surface area contributed by atoms with E-state index in [4.69, 9.17) is 27.6 Å². The van der Waals surface area contributed by atoms with Crippen molar-refractivity contribution in [2.24, 2.45) is 0 Å². The van der Waals surface area contributed by atoms with Gasteiger partial charge in [0.05, 0.1) is 16.1 Å². The van der Waals surface area contributed by atoms with Crippen molar-refractivity contribution in [3.63, 3.8) is 0 Å². The van der Waals surface area contributed by atoms with Crippen molar-refractivity contribution >= 4 is 51.5 Å². The van der Waals surface area contributed by atoms with Gasteiger partial charge in [0.15, 0.2) is 17.0 Å². The number of ketones is 1. The average molecular weight is 438 g/mol. The molecular weight excluding hydrogens is 425 g/mol. The SMILES string of the molecule is O=C(Nc1ccc(Cl)cc1C(=O)c1ccccc1Cl)c1cc(=O)c2ccccc2o1. The van der Waals surface area contributed by atoms with Crippen LogP contribution in [-0.2, 0) is 0 Å². The van der Waals surface area contributed by atoms with E-state index >= 15 is 0 Å². The summed E-state index contributed by atoms with van der Waals surface area (Å²) in [5, 5.41) is 3.59. The lowest BCUT2D eigenvalue weighted by molar-refractivity contribution is 0.0997. The molecule has 7 heteroatoms. The van der Waals surface area contributed by atoms with E-state index in [0.717, 1.165) is 6.07 Å². The first kappa shape index (κ1) is 19.9. The maximum Gasteiger partial charge on any atom is 0.291 e. The topological polar surface area (TPSA) is 76.4 Å². The Balaban J connectivity index is 1.72. The standard InChI is InChI=1S/C23H13Cl2NO4/c24-13-9-10-18(16(11-13)22(28)14-5-1-3-7-17(14)25)26-23(29)21-12-19(27)15-6-2-4-8-20(15)30-21/h1-12H,(H,26,29). The predicted octanol–water partition coefficient (Wildman–Crippen LogP) is 5.58. The van der Waals surface area contributed by atoms with Crippen LogP contribution < -0.4 is 10.7 Å². The number of nitrogens with one attached hydrogen (secondary N) is 1. The van der Waals surface area contributed by atoms with Crippen LogP contribution in [0.25, 0.3) is 11.0 Å². The van der Waals surface area contributed by atoms with Crippen LogP contribution in [0.5, 0.6) is 0 Å². The minimum Gasteiger partial charge on any atom is -0.451 e. The molecular formula is C23H13Cl2NO4. The van der Waals surface area contributed by atoms with Crippen LogP contribution in [-0.4, -0.2) is 11.7 Å². The molecule has 0 saturated heterocycles. The Bertz CT molecular complexity index is 1360. The van der Waals surface area contributed by atoms with Crippen molar-refractivity contribution in [3.8, 4) is 0 Å². The van der Waals surface area contributed by atoms with Crippen LogP contribution >= 0.6 is 23.2 Å². The number of carbonyl (C=O) groups is 2. The Morgan fingerprint density at radius 2 is 1.57 bits per heavy atom. The van der Waals surface area contributed by atoms with Crippen LogP contribution in [0.2, 0.25) is 10.0 Å². The summed E-state index contributed by atoms with van der Waals surface area (Å²) in [7, 11) is 0. The van der Waals surface area contributed by atoms with Gasteiger partial charge in [-0.15, -0.1) is 0 Å². The molecule has 3 aromatic carbocycles. The highest BCUT2D eigenvalue weighted by Crippen LogP contribution is 2.27. The van der Waals surface area contributed by atoms with Crippen molar-refractivity contribution in [2.45, 2.75) is 0 Å². The van der Waals surface area contributed by atoms with Gasteiger partial charge in [-0.3, -0.25) is 14.4 Å². The first-order valence-electron chi connectivity index (χ1n) is 8.87. The number of fused-ring (bicyclic) bond motifs is 1. The van der Waals surface area contributed by atoms with E-state index in [1.54, 1.807) is 48.5 Å². The number of halogens is 2. The third-order valence-corrected chi connectivity index (χ3v) is 5.02. The summed E-state index contributed by atoms with van der Waals surface area (Å²) in [6.45, 7) is 0. The van der Waals surface area contributed by atoms with Gasteiger partial charge in [0.2, 0.25) is 0 Å². The van der Waals surface area contributed by atoms with E-state index in [-0.39, 0.29) is 33.0 Å². The molecule has 0 radical (unpaired) electrons. The zero-order chi connectivity index (χ0) is 21.3. The molecule has 0 bridgehead atoms. The fourth-order valence-electron chi connectivity index (χ4n) is 3.00. The molecule has 148 valence electrons. The number of hydrogen-bond acceptors (Lipinski definition) is 4. The number of para-hydroxylation sites is 1. The monoisotopic (exact) mass is 437 g/mol. The molecule has 0 aliphatic heterocycles. The van der Waals surface area contributed by atoms with E-state index in [2.05, 4.69) is 5.32 Å². The van der Waals surface area contributed by atoms with Crippen molar-refractivity contribution in [1.82, 2.24) is 0 Å². The normalized spacial score (nSPS) is 10.7. The van der Waals surface area contributed by atoms with Gasteiger partial charge in [-0.2, -0.15) is 0 Å². The summed E-state index contributed by atoms with van der Waals surface area (Å²) in [6, 6.07) is 18.8. The number of hydrogen-bond donors (Lipinski definition) is 1. The van der Waals surface area contributed by atoms with Gasteiger partial charge in [0.1, 0.15) is 5.58 Å². The van der Waals surface area contributed by atoms with E-state index in [1.807, 2.05) is 0 Å². The first-order valence-corrected chi connectivity index (χ1v) is 9.62. The summed E-state index contributed by atoms with van der Waals surface area (Å²) in [4.78, 5) is 38.1. The lowest BCUT2D eigenvalue weighted by atomic mass is 10.0. The Kier molecular flexibility index (Phi) is 5.40. The molecule has 5 nitrogen and oxygen atoms in total. The highest BCUT2D eigenvalue weighted by Gasteiger charge is 2.20. The largest absolute Gasteiger partial charge is 0.451 e. The van der Waals surface area contributed by atoms with Crippen molar-refractivity contribution < 1.29 is 14.0 Å². The van der Waals surface area contributed by atoms with Gasteiger partial charge in [0, 0.05) is 22.2 Å². The van der Waals surface area contributed by atoms with E-state index in [0.29, 0.717) is 16.0 Å². The number of anilines is 1. The van der Waals surface area contributed by atoms with Crippen molar-refractivity contribution in [3.05, 3.63) is 110 Å². The van der Waals surface area contributed by atoms with Gasteiger partial charge in [-0.05, 0) is 42.5 Å². The smallest absolute Gasteiger partial charge is 0.291 e. The second-order valence-electron chi connectivity index (χ2n) is 6.42. The summed E-state index contributed by atoms with van der Waals surface area (Å²) >= 11 is 12.2. The Hall–Kier alpha value is -3.41. The van der Waals surface area contributed by atoms with Crippen LogP contribution in [0.15, 0.2) is 82.0 Å². The lowest BCUT2D eigenvalue weighted by Gasteiger charge is -2.12. The predicted molar refractivity (Wildman–Crippen MR) is 117 cm³/mol.